The molecule has 5 nitrogen and oxygen atoms in total. The lowest BCUT2D eigenvalue weighted by atomic mass is 10.2. The number of rotatable bonds is 0. The second-order valence-corrected chi connectivity index (χ2v) is 3.91. The Morgan fingerprint density at radius 3 is 2.71 bits per heavy atom. The lowest BCUT2D eigenvalue weighted by Crippen LogP contribution is -2.18. The lowest BCUT2D eigenvalue weighted by Gasteiger charge is -2.06. The van der Waals surface area contributed by atoms with Gasteiger partial charge in [-0.05, 0) is 26.0 Å². The average Bonchev–Trinajstić information content (AvgIpc) is 2.32. The zero-order valence-electron chi connectivity index (χ0n) is 9.51. The number of nitrogens with zero attached hydrogens (tertiary/aromatic N) is 4. The van der Waals surface area contributed by atoms with Gasteiger partial charge in [0.1, 0.15) is 11.5 Å². The first-order valence-electron chi connectivity index (χ1n) is 5.30. The maximum Gasteiger partial charge on any atom is 0.294 e. The van der Waals surface area contributed by atoms with Crippen LogP contribution in [-0.2, 0) is 0 Å². The maximum atomic E-state index is 11.6. The van der Waals surface area contributed by atoms with Crippen molar-refractivity contribution in [2.45, 2.75) is 13.8 Å². The van der Waals surface area contributed by atoms with Gasteiger partial charge in [-0.2, -0.15) is 10.1 Å². The second kappa shape index (κ2) is 3.35. The molecule has 0 saturated carbocycles. The summed E-state index contributed by atoms with van der Waals surface area (Å²) in [6, 6.07) is 7.59. The molecule has 0 atom stereocenters. The predicted molar refractivity (Wildman–Crippen MR) is 64.0 cm³/mol. The maximum absolute atomic E-state index is 11.6. The van der Waals surface area contributed by atoms with Gasteiger partial charge >= 0.3 is 0 Å². The average molecular weight is 226 g/mol. The molecule has 17 heavy (non-hydrogen) atoms. The van der Waals surface area contributed by atoms with Crippen LogP contribution >= 0.6 is 0 Å². The van der Waals surface area contributed by atoms with E-state index in [0.717, 1.165) is 10.9 Å². The highest BCUT2D eigenvalue weighted by atomic mass is 16.1. The molecule has 84 valence electrons. The highest BCUT2D eigenvalue weighted by Gasteiger charge is 2.08. The number of benzene rings is 1. The minimum absolute atomic E-state index is 0.291. The summed E-state index contributed by atoms with van der Waals surface area (Å²) in [7, 11) is 0. The fraction of sp³-hybridized carbons (Fsp3) is 0.167. The van der Waals surface area contributed by atoms with Gasteiger partial charge in [0.25, 0.3) is 5.56 Å². The van der Waals surface area contributed by atoms with Crippen LogP contribution < -0.4 is 5.56 Å². The molecule has 0 bridgehead atoms. The van der Waals surface area contributed by atoms with Gasteiger partial charge in [-0.1, -0.05) is 12.1 Å². The summed E-state index contributed by atoms with van der Waals surface area (Å²) >= 11 is 0. The highest BCUT2D eigenvalue weighted by molar-refractivity contribution is 5.90. The van der Waals surface area contributed by atoms with Crippen LogP contribution in [0.25, 0.3) is 16.6 Å². The fourth-order valence-electron chi connectivity index (χ4n) is 1.85. The van der Waals surface area contributed by atoms with Crippen molar-refractivity contribution in [2.75, 3.05) is 0 Å². The second-order valence-electron chi connectivity index (χ2n) is 3.91. The van der Waals surface area contributed by atoms with Crippen molar-refractivity contribution in [1.82, 2.24) is 19.6 Å². The first-order chi connectivity index (χ1) is 8.16. The van der Waals surface area contributed by atoms with E-state index >= 15 is 0 Å². The number of hydrogen-bond donors (Lipinski definition) is 0. The molecular weight excluding hydrogens is 216 g/mol. The van der Waals surface area contributed by atoms with Crippen LogP contribution in [0.3, 0.4) is 0 Å². The smallest absolute Gasteiger partial charge is 0.265 e. The van der Waals surface area contributed by atoms with E-state index in [1.54, 1.807) is 11.4 Å². The molecule has 0 N–H and O–H groups in total. The summed E-state index contributed by atoms with van der Waals surface area (Å²) in [4.78, 5) is 20.1. The molecule has 3 rings (SSSR count). The third kappa shape index (κ3) is 1.39. The first kappa shape index (κ1) is 9.89. The van der Waals surface area contributed by atoms with Gasteiger partial charge in [0.2, 0.25) is 0 Å². The molecule has 5 heteroatoms. The Bertz CT molecular complexity index is 791. The molecule has 0 amide bonds. The van der Waals surface area contributed by atoms with E-state index in [1.165, 1.54) is 0 Å². The van der Waals surface area contributed by atoms with Crippen molar-refractivity contribution in [3.63, 3.8) is 0 Å². The summed E-state index contributed by atoms with van der Waals surface area (Å²) in [5.41, 5.74) is 1.47. The number of hydrogen-bond acceptors (Lipinski definition) is 4. The van der Waals surface area contributed by atoms with Crippen molar-refractivity contribution < 1.29 is 0 Å². The molecular formula is C12H10N4O. The van der Waals surface area contributed by atoms with Crippen molar-refractivity contribution in [2.24, 2.45) is 0 Å². The molecule has 0 spiro atoms. The van der Waals surface area contributed by atoms with E-state index in [-0.39, 0.29) is 5.56 Å². The number of aromatic nitrogens is 4. The quantitative estimate of drug-likeness (QED) is 0.541. The molecule has 1 aromatic carbocycles. The SMILES string of the molecule is Cc1nn2c(C)nc3ccccc3c2nc1=O. The van der Waals surface area contributed by atoms with Gasteiger partial charge in [-0.15, -0.1) is 0 Å². The van der Waals surface area contributed by atoms with E-state index in [2.05, 4.69) is 15.1 Å². The molecule has 0 unspecified atom stereocenters. The van der Waals surface area contributed by atoms with E-state index in [1.807, 2.05) is 31.2 Å². The van der Waals surface area contributed by atoms with E-state index in [4.69, 9.17) is 0 Å². The van der Waals surface area contributed by atoms with Crippen LogP contribution in [-0.4, -0.2) is 19.6 Å². The van der Waals surface area contributed by atoms with Crippen LogP contribution in [0.15, 0.2) is 29.1 Å². The van der Waals surface area contributed by atoms with Crippen molar-refractivity contribution in [1.29, 1.82) is 0 Å². The Kier molecular flexibility index (Phi) is 1.95. The fourth-order valence-corrected chi connectivity index (χ4v) is 1.85. The highest BCUT2D eigenvalue weighted by Crippen LogP contribution is 2.15. The first-order valence-corrected chi connectivity index (χ1v) is 5.30. The monoisotopic (exact) mass is 226 g/mol. The molecule has 0 aliphatic rings. The number of para-hydroxylation sites is 1. The lowest BCUT2D eigenvalue weighted by molar-refractivity contribution is 0.797. The largest absolute Gasteiger partial charge is 0.294 e. The van der Waals surface area contributed by atoms with E-state index in [9.17, 15) is 4.79 Å². The summed E-state index contributed by atoms with van der Waals surface area (Å²) in [5, 5.41) is 5.04. The van der Waals surface area contributed by atoms with Crippen LogP contribution in [0.5, 0.6) is 0 Å². The van der Waals surface area contributed by atoms with E-state index in [0.29, 0.717) is 17.2 Å². The third-order valence-corrected chi connectivity index (χ3v) is 2.70. The minimum Gasteiger partial charge on any atom is -0.265 e. The molecule has 0 aliphatic carbocycles. The Hall–Kier alpha value is -2.30. The zero-order chi connectivity index (χ0) is 12.0. The Labute approximate surface area is 96.8 Å². The summed E-state index contributed by atoms with van der Waals surface area (Å²) in [5.74, 6) is 0.717. The summed E-state index contributed by atoms with van der Waals surface area (Å²) < 4.78 is 1.61. The third-order valence-electron chi connectivity index (χ3n) is 2.70. The van der Waals surface area contributed by atoms with Gasteiger partial charge in [0.15, 0.2) is 5.65 Å². The number of aryl methyl sites for hydroxylation is 2. The molecule has 2 heterocycles. The molecule has 0 saturated heterocycles. The van der Waals surface area contributed by atoms with Crippen LogP contribution in [0.1, 0.15) is 11.5 Å². The van der Waals surface area contributed by atoms with Gasteiger partial charge in [0.05, 0.1) is 5.52 Å². The zero-order valence-corrected chi connectivity index (χ0v) is 9.51. The van der Waals surface area contributed by atoms with Gasteiger partial charge in [0, 0.05) is 5.39 Å². The summed E-state index contributed by atoms with van der Waals surface area (Å²) in [6.07, 6.45) is 0. The Morgan fingerprint density at radius 1 is 1.12 bits per heavy atom. The Balaban J connectivity index is 2.65. The molecule has 0 radical (unpaired) electrons. The van der Waals surface area contributed by atoms with Gasteiger partial charge in [-0.3, -0.25) is 4.79 Å². The van der Waals surface area contributed by atoms with Crippen molar-refractivity contribution >= 4 is 16.6 Å². The standard InChI is InChI=1S/C12H10N4O/c1-7-12(17)14-11-9-5-3-4-6-10(9)13-8(2)16(11)15-7/h3-6H,1-2H3. The van der Waals surface area contributed by atoms with Crippen molar-refractivity contribution in [3.05, 3.63) is 46.1 Å². The van der Waals surface area contributed by atoms with Crippen LogP contribution in [0.4, 0.5) is 0 Å². The summed E-state index contributed by atoms with van der Waals surface area (Å²) in [6.45, 7) is 3.49. The van der Waals surface area contributed by atoms with Gasteiger partial charge < -0.3 is 0 Å². The predicted octanol–water partition coefficient (Wildman–Crippen LogP) is 1.25. The molecule has 3 aromatic rings. The topological polar surface area (TPSA) is 60.1 Å². The Morgan fingerprint density at radius 2 is 1.88 bits per heavy atom. The van der Waals surface area contributed by atoms with Crippen LogP contribution in [0, 0.1) is 13.8 Å². The van der Waals surface area contributed by atoms with Crippen LogP contribution in [0.2, 0.25) is 0 Å². The van der Waals surface area contributed by atoms with Crippen molar-refractivity contribution in [3.8, 4) is 0 Å². The van der Waals surface area contributed by atoms with Gasteiger partial charge in [-0.25, -0.2) is 9.50 Å². The number of fused-ring (bicyclic) bond motifs is 3. The molecule has 0 aliphatic heterocycles. The minimum atomic E-state index is -0.291. The molecule has 0 fully saturated rings. The van der Waals surface area contributed by atoms with E-state index < -0.39 is 0 Å². The molecule has 2 aromatic heterocycles. The normalized spacial score (nSPS) is 11.2.